The van der Waals surface area contributed by atoms with Gasteiger partial charge in [0.25, 0.3) is 5.91 Å². The van der Waals surface area contributed by atoms with Gasteiger partial charge in [0.05, 0.1) is 11.3 Å². The summed E-state index contributed by atoms with van der Waals surface area (Å²) in [5.41, 5.74) is 5.76. The maximum Gasteiger partial charge on any atom is 0.259 e. The van der Waals surface area contributed by atoms with Crippen molar-refractivity contribution in [3.05, 3.63) is 71.0 Å². The molecule has 0 saturated carbocycles. The second-order valence-corrected chi connectivity index (χ2v) is 5.76. The Bertz CT molecular complexity index is 953. The number of aryl methyl sites for hydroxylation is 2. The normalized spacial score (nSPS) is 10.0. The monoisotopic (exact) mass is 329 g/mol. The highest BCUT2D eigenvalue weighted by Crippen LogP contribution is 2.28. The van der Waals surface area contributed by atoms with E-state index in [1.807, 2.05) is 69.3 Å². The Morgan fingerprint density at radius 2 is 1.80 bits per heavy atom. The van der Waals surface area contributed by atoms with Crippen molar-refractivity contribution >= 4 is 11.6 Å². The van der Waals surface area contributed by atoms with Gasteiger partial charge in [-0.1, -0.05) is 36.3 Å². The maximum atomic E-state index is 12.7. The second-order valence-electron chi connectivity index (χ2n) is 5.76. The summed E-state index contributed by atoms with van der Waals surface area (Å²) >= 11 is 0. The first-order chi connectivity index (χ1) is 12.1. The van der Waals surface area contributed by atoms with E-state index in [2.05, 4.69) is 27.4 Å². The molecule has 0 atom stereocenters. The number of hydrogen-bond acceptors (Lipinski definition) is 2. The van der Waals surface area contributed by atoms with Crippen molar-refractivity contribution in [2.75, 3.05) is 5.32 Å². The average molecular weight is 329 g/mol. The van der Waals surface area contributed by atoms with Gasteiger partial charge in [-0.25, -0.2) is 0 Å². The summed E-state index contributed by atoms with van der Waals surface area (Å²) in [5.74, 6) is 5.76. The molecule has 0 unspecified atom stereocenters. The molecule has 1 aromatic heterocycles. The van der Waals surface area contributed by atoms with Crippen LogP contribution in [0.3, 0.4) is 0 Å². The average Bonchev–Trinajstić information content (AvgIpc) is 2.95. The van der Waals surface area contributed by atoms with Crippen molar-refractivity contribution in [2.24, 2.45) is 0 Å². The number of aromatic amines is 1. The number of nitrogens with zero attached hydrogens (tertiary/aromatic N) is 1. The van der Waals surface area contributed by atoms with Gasteiger partial charge in [0.1, 0.15) is 0 Å². The predicted molar refractivity (Wildman–Crippen MR) is 100 cm³/mol. The van der Waals surface area contributed by atoms with Gasteiger partial charge in [-0.05, 0) is 44.5 Å². The van der Waals surface area contributed by atoms with Gasteiger partial charge < -0.3 is 5.32 Å². The number of anilines is 1. The lowest BCUT2D eigenvalue weighted by molar-refractivity contribution is 0.102. The molecule has 0 spiro atoms. The lowest BCUT2D eigenvalue weighted by atomic mass is 10.0. The Morgan fingerprint density at radius 3 is 2.44 bits per heavy atom. The van der Waals surface area contributed by atoms with Crippen LogP contribution in [0.15, 0.2) is 48.5 Å². The smallest absolute Gasteiger partial charge is 0.259 e. The number of aromatic nitrogens is 2. The van der Waals surface area contributed by atoms with Crippen LogP contribution in [0, 0.1) is 25.7 Å². The quantitative estimate of drug-likeness (QED) is 0.703. The number of benzene rings is 2. The van der Waals surface area contributed by atoms with Gasteiger partial charge in [0.2, 0.25) is 0 Å². The van der Waals surface area contributed by atoms with Crippen LogP contribution in [0.2, 0.25) is 0 Å². The Morgan fingerprint density at radius 1 is 1.08 bits per heavy atom. The molecular weight excluding hydrogens is 310 g/mol. The van der Waals surface area contributed by atoms with Crippen molar-refractivity contribution in [3.63, 3.8) is 0 Å². The summed E-state index contributed by atoms with van der Waals surface area (Å²) in [4.78, 5) is 12.7. The van der Waals surface area contributed by atoms with Crippen LogP contribution in [0.25, 0.3) is 11.1 Å². The van der Waals surface area contributed by atoms with E-state index in [1.54, 1.807) is 0 Å². The number of carbonyl (C=O) groups excluding carboxylic acids is 1. The van der Waals surface area contributed by atoms with Crippen molar-refractivity contribution in [1.29, 1.82) is 0 Å². The molecule has 0 aliphatic rings. The van der Waals surface area contributed by atoms with Gasteiger partial charge >= 0.3 is 0 Å². The molecule has 4 nitrogen and oxygen atoms in total. The molecule has 4 heteroatoms. The van der Waals surface area contributed by atoms with Crippen LogP contribution in [-0.4, -0.2) is 16.1 Å². The van der Waals surface area contributed by atoms with E-state index in [-0.39, 0.29) is 5.91 Å². The van der Waals surface area contributed by atoms with Gasteiger partial charge in [-0.15, -0.1) is 5.92 Å². The van der Waals surface area contributed by atoms with E-state index in [4.69, 9.17) is 0 Å². The summed E-state index contributed by atoms with van der Waals surface area (Å²) in [6.07, 6.45) is 0. The fraction of sp³-hybridized carbons (Fsp3) is 0.143. The number of amides is 1. The van der Waals surface area contributed by atoms with E-state index in [1.165, 1.54) is 0 Å². The van der Waals surface area contributed by atoms with Gasteiger partial charge in [0, 0.05) is 22.5 Å². The molecule has 25 heavy (non-hydrogen) atoms. The largest absolute Gasteiger partial charge is 0.321 e. The molecule has 0 aliphatic carbocycles. The van der Waals surface area contributed by atoms with Crippen LogP contribution in [0.1, 0.15) is 34.2 Å². The number of rotatable bonds is 3. The molecule has 0 fully saturated rings. The van der Waals surface area contributed by atoms with Crippen LogP contribution >= 0.6 is 0 Å². The zero-order valence-corrected chi connectivity index (χ0v) is 14.5. The zero-order valence-electron chi connectivity index (χ0n) is 14.5. The summed E-state index contributed by atoms with van der Waals surface area (Å²) in [7, 11) is 0. The first-order valence-corrected chi connectivity index (χ1v) is 8.05. The molecule has 3 aromatic rings. The number of H-pyrrole nitrogens is 1. The van der Waals surface area contributed by atoms with Crippen molar-refractivity contribution in [1.82, 2.24) is 10.2 Å². The highest BCUT2D eigenvalue weighted by Gasteiger charge is 2.16. The minimum Gasteiger partial charge on any atom is -0.321 e. The highest BCUT2D eigenvalue weighted by atomic mass is 16.1. The minimum atomic E-state index is -0.162. The molecule has 1 heterocycles. The molecule has 0 bridgehead atoms. The molecule has 1 amide bonds. The summed E-state index contributed by atoms with van der Waals surface area (Å²) in [5, 5.41) is 9.94. The van der Waals surface area contributed by atoms with E-state index in [0.717, 1.165) is 28.1 Å². The van der Waals surface area contributed by atoms with E-state index >= 15 is 0 Å². The highest BCUT2D eigenvalue weighted by molar-refractivity contribution is 6.07. The SMILES string of the molecule is CC#Cc1ccc(-c2ccccc2NC(=O)c2c(C)n[nH]c2C)cc1. The molecule has 0 aliphatic heterocycles. The van der Waals surface area contributed by atoms with E-state index in [0.29, 0.717) is 11.3 Å². The Balaban J connectivity index is 1.93. The predicted octanol–water partition coefficient (Wildman–Crippen LogP) is 4.32. The summed E-state index contributed by atoms with van der Waals surface area (Å²) < 4.78 is 0. The first-order valence-electron chi connectivity index (χ1n) is 8.05. The maximum absolute atomic E-state index is 12.7. The summed E-state index contributed by atoms with van der Waals surface area (Å²) in [6.45, 7) is 5.48. The Hall–Kier alpha value is -3.32. The number of nitrogens with one attached hydrogen (secondary N) is 2. The number of hydrogen-bond donors (Lipinski definition) is 2. The standard InChI is InChI=1S/C21H19N3O/c1-4-7-16-10-12-17(13-11-16)18-8-5-6-9-19(18)22-21(25)20-14(2)23-24-15(20)3/h5-6,8-13H,1-3H3,(H,22,25)(H,23,24). The van der Waals surface area contributed by atoms with Gasteiger partial charge in [0.15, 0.2) is 0 Å². The minimum absolute atomic E-state index is 0.162. The van der Waals surface area contributed by atoms with Crippen molar-refractivity contribution < 1.29 is 4.79 Å². The van der Waals surface area contributed by atoms with Gasteiger partial charge in [-0.2, -0.15) is 5.10 Å². The van der Waals surface area contributed by atoms with E-state index < -0.39 is 0 Å². The molecule has 3 rings (SSSR count). The van der Waals surface area contributed by atoms with E-state index in [9.17, 15) is 4.79 Å². The first kappa shape index (κ1) is 16.5. The van der Waals surface area contributed by atoms with Crippen LogP contribution in [0.5, 0.6) is 0 Å². The molecule has 0 saturated heterocycles. The Kier molecular flexibility index (Phi) is 4.67. The fourth-order valence-corrected chi connectivity index (χ4v) is 2.79. The Labute approximate surface area is 147 Å². The zero-order chi connectivity index (χ0) is 17.8. The topological polar surface area (TPSA) is 57.8 Å². The third-order valence-corrected chi connectivity index (χ3v) is 4.00. The number of carbonyl (C=O) groups is 1. The second kappa shape index (κ2) is 7.06. The van der Waals surface area contributed by atoms with Crippen molar-refractivity contribution in [3.8, 4) is 23.0 Å². The van der Waals surface area contributed by atoms with Gasteiger partial charge in [-0.3, -0.25) is 9.89 Å². The van der Waals surface area contributed by atoms with Crippen LogP contribution in [-0.2, 0) is 0 Å². The lowest BCUT2D eigenvalue weighted by Crippen LogP contribution is -2.14. The van der Waals surface area contributed by atoms with Crippen LogP contribution in [0.4, 0.5) is 5.69 Å². The lowest BCUT2D eigenvalue weighted by Gasteiger charge is -2.11. The third-order valence-electron chi connectivity index (χ3n) is 4.00. The molecule has 0 radical (unpaired) electrons. The molecule has 2 aromatic carbocycles. The molecular formula is C21H19N3O. The third kappa shape index (κ3) is 3.46. The molecule has 2 N–H and O–H groups in total. The summed E-state index contributed by atoms with van der Waals surface area (Å²) in [6, 6.07) is 15.7. The number of para-hydroxylation sites is 1. The molecule has 124 valence electrons. The van der Waals surface area contributed by atoms with Crippen LogP contribution < -0.4 is 5.32 Å². The van der Waals surface area contributed by atoms with Crippen molar-refractivity contribution in [2.45, 2.75) is 20.8 Å². The fourth-order valence-electron chi connectivity index (χ4n) is 2.79.